The lowest BCUT2D eigenvalue weighted by molar-refractivity contribution is 0.185. The van der Waals surface area contributed by atoms with E-state index in [1.165, 1.54) is 0 Å². The number of anilines is 1. The quantitative estimate of drug-likeness (QED) is 0.875. The molecule has 0 fully saturated rings. The molecule has 0 aliphatic rings. The Bertz CT molecular complexity index is 569. The van der Waals surface area contributed by atoms with E-state index in [2.05, 4.69) is 29.1 Å². The van der Waals surface area contributed by atoms with Gasteiger partial charge in [-0.1, -0.05) is 31.2 Å². The smallest absolute Gasteiger partial charge is 0.162 e. The lowest BCUT2D eigenvalue weighted by Gasteiger charge is -2.11. The van der Waals surface area contributed by atoms with Crippen LogP contribution in [0.1, 0.15) is 25.1 Å². The number of methoxy groups -OCH3 is 1. The highest BCUT2D eigenvalue weighted by Crippen LogP contribution is 2.23. The van der Waals surface area contributed by atoms with E-state index in [0.29, 0.717) is 6.61 Å². The molecule has 0 amide bonds. The predicted octanol–water partition coefficient (Wildman–Crippen LogP) is 3.28. The van der Waals surface area contributed by atoms with Gasteiger partial charge in [0.2, 0.25) is 0 Å². The number of hydrogen-bond acceptors (Lipinski definition) is 4. The topological polar surface area (TPSA) is 47.0 Å². The number of ether oxygens (including phenoxy) is 1. The van der Waals surface area contributed by atoms with Gasteiger partial charge in [0.25, 0.3) is 0 Å². The van der Waals surface area contributed by atoms with E-state index < -0.39 is 0 Å². The highest BCUT2D eigenvalue weighted by atomic mass is 16.5. The van der Waals surface area contributed by atoms with Crippen LogP contribution in [0.3, 0.4) is 0 Å². The number of hydrogen-bond donors (Lipinski definition) is 1. The normalized spacial score (nSPS) is 10.6. The van der Waals surface area contributed by atoms with Crippen LogP contribution in [-0.2, 0) is 17.8 Å². The highest BCUT2D eigenvalue weighted by molar-refractivity contribution is 5.62. The first-order valence-electron chi connectivity index (χ1n) is 6.97. The van der Waals surface area contributed by atoms with Crippen LogP contribution in [-0.4, -0.2) is 23.6 Å². The van der Waals surface area contributed by atoms with Crippen molar-refractivity contribution in [1.29, 1.82) is 0 Å². The molecule has 4 nitrogen and oxygen atoms in total. The Labute approximate surface area is 120 Å². The molecule has 0 aliphatic heterocycles. The molecule has 0 atom stereocenters. The maximum absolute atomic E-state index is 5.25. The first-order valence-corrected chi connectivity index (χ1v) is 6.97. The van der Waals surface area contributed by atoms with Crippen molar-refractivity contribution >= 4 is 5.82 Å². The van der Waals surface area contributed by atoms with E-state index in [-0.39, 0.29) is 0 Å². The fourth-order valence-corrected chi connectivity index (χ4v) is 2.09. The summed E-state index contributed by atoms with van der Waals surface area (Å²) in [6.45, 7) is 5.57. The maximum atomic E-state index is 5.25. The Morgan fingerprint density at radius 2 is 1.95 bits per heavy atom. The van der Waals surface area contributed by atoms with E-state index in [9.17, 15) is 0 Å². The fourth-order valence-electron chi connectivity index (χ4n) is 2.09. The summed E-state index contributed by atoms with van der Waals surface area (Å²) in [5.41, 5.74) is 3.17. The Morgan fingerprint density at radius 1 is 1.15 bits per heavy atom. The summed E-state index contributed by atoms with van der Waals surface area (Å²) in [6, 6.07) is 10.1. The van der Waals surface area contributed by atoms with Crippen molar-refractivity contribution in [2.75, 3.05) is 19.0 Å². The SMILES string of the molecule is CCNc1cc(CC)nc(-c2ccccc2COC)n1. The lowest BCUT2D eigenvalue weighted by atomic mass is 10.1. The summed E-state index contributed by atoms with van der Waals surface area (Å²) in [4.78, 5) is 9.25. The minimum atomic E-state index is 0.562. The largest absolute Gasteiger partial charge is 0.380 e. The zero-order chi connectivity index (χ0) is 14.4. The Kier molecular flexibility index (Phi) is 5.07. The molecule has 106 valence electrons. The van der Waals surface area contributed by atoms with Crippen LogP contribution >= 0.6 is 0 Å². The number of nitrogens with one attached hydrogen (secondary N) is 1. The van der Waals surface area contributed by atoms with Gasteiger partial charge in [-0.3, -0.25) is 0 Å². The van der Waals surface area contributed by atoms with Crippen LogP contribution in [0.25, 0.3) is 11.4 Å². The second-order valence-corrected chi connectivity index (χ2v) is 4.54. The summed E-state index contributed by atoms with van der Waals surface area (Å²) < 4.78 is 5.25. The lowest BCUT2D eigenvalue weighted by Crippen LogP contribution is -2.05. The van der Waals surface area contributed by atoms with Crippen molar-refractivity contribution in [1.82, 2.24) is 9.97 Å². The number of nitrogens with zero attached hydrogens (tertiary/aromatic N) is 2. The highest BCUT2D eigenvalue weighted by Gasteiger charge is 2.10. The summed E-state index contributed by atoms with van der Waals surface area (Å²) in [5, 5.41) is 3.26. The number of rotatable bonds is 6. The van der Waals surface area contributed by atoms with E-state index in [4.69, 9.17) is 4.74 Å². The molecule has 1 N–H and O–H groups in total. The van der Waals surface area contributed by atoms with Crippen molar-refractivity contribution in [2.24, 2.45) is 0 Å². The first kappa shape index (κ1) is 14.5. The first-order chi connectivity index (χ1) is 9.78. The summed E-state index contributed by atoms with van der Waals surface area (Å²) in [5.74, 6) is 1.63. The van der Waals surface area contributed by atoms with Crippen LogP contribution in [0.5, 0.6) is 0 Å². The summed E-state index contributed by atoms with van der Waals surface area (Å²) in [7, 11) is 1.70. The predicted molar refractivity (Wildman–Crippen MR) is 81.7 cm³/mol. The van der Waals surface area contributed by atoms with Crippen LogP contribution in [0, 0.1) is 0 Å². The van der Waals surface area contributed by atoms with Gasteiger partial charge in [0.15, 0.2) is 5.82 Å². The second kappa shape index (κ2) is 7.01. The van der Waals surface area contributed by atoms with Gasteiger partial charge in [-0.15, -0.1) is 0 Å². The molecule has 1 aromatic carbocycles. The molecule has 0 saturated carbocycles. The monoisotopic (exact) mass is 271 g/mol. The zero-order valence-corrected chi connectivity index (χ0v) is 12.3. The third kappa shape index (κ3) is 3.33. The van der Waals surface area contributed by atoms with E-state index >= 15 is 0 Å². The second-order valence-electron chi connectivity index (χ2n) is 4.54. The molecule has 0 unspecified atom stereocenters. The Balaban J connectivity index is 2.48. The van der Waals surface area contributed by atoms with Crippen molar-refractivity contribution in [2.45, 2.75) is 26.9 Å². The Hall–Kier alpha value is -1.94. The van der Waals surface area contributed by atoms with Gasteiger partial charge in [-0.25, -0.2) is 9.97 Å². The summed E-state index contributed by atoms with van der Waals surface area (Å²) in [6.07, 6.45) is 0.889. The molecular weight excluding hydrogens is 250 g/mol. The van der Waals surface area contributed by atoms with E-state index in [1.807, 2.05) is 30.3 Å². The van der Waals surface area contributed by atoms with Gasteiger partial charge in [-0.2, -0.15) is 0 Å². The molecule has 0 saturated heterocycles. The van der Waals surface area contributed by atoms with Gasteiger partial charge in [0.05, 0.1) is 6.61 Å². The molecule has 1 aromatic heterocycles. The van der Waals surface area contributed by atoms with Gasteiger partial charge in [0, 0.05) is 31.0 Å². The minimum Gasteiger partial charge on any atom is -0.380 e. The number of aromatic nitrogens is 2. The third-order valence-electron chi connectivity index (χ3n) is 3.06. The van der Waals surface area contributed by atoms with Crippen LogP contribution in [0.2, 0.25) is 0 Å². The van der Waals surface area contributed by atoms with Crippen LogP contribution in [0.15, 0.2) is 30.3 Å². The fraction of sp³-hybridized carbons (Fsp3) is 0.375. The molecule has 0 bridgehead atoms. The molecule has 20 heavy (non-hydrogen) atoms. The van der Waals surface area contributed by atoms with Gasteiger partial charge < -0.3 is 10.1 Å². The molecule has 0 spiro atoms. The van der Waals surface area contributed by atoms with Gasteiger partial charge in [0.1, 0.15) is 5.82 Å². The number of aryl methyl sites for hydroxylation is 1. The van der Waals surface area contributed by atoms with Gasteiger partial charge in [-0.05, 0) is 18.9 Å². The molecule has 1 heterocycles. The van der Waals surface area contributed by atoms with Gasteiger partial charge >= 0.3 is 0 Å². The van der Waals surface area contributed by atoms with Crippen molar-refractivity contribution in [3.05, 3.63) is 41.6 Å². The molecule has 0 aliphatic carbocycles. The summed E-state index contributed by atoms with van der Waals surface area (Å²) >= 11 is 0. The maximum Gasteiger partial charge on any atom is 0.162 e. The van der Waals surface area contributed by atoms with Crippen LogP contribution in [0.4, 0.5) is 5.82 Å². The zero-order valence-electron chi connectivity index (χ0n) is 12.3. The van der Waals surface area contributed by atoms with E-state index in [1.54, 1.807) is 7.11 Å². The standard InChI is InChI=1S/C16H21N3O/c1-4-13-10-15(17-5-2)19-16(18-13)14-9-7-6-8-12(14)11-20-3/h6-10H,4-5,11H2,1-3H3,(H,17,18,19). The Morgan fingerprint density at radius 3 is 2.65 bits per heavy atom. The van der Waals surface area contributed by atoms with Crippen molar-refractivity contribution in [3.63, 3.8) is 0 Å². The van der Waals surface area contributed by atoms with Crippen LogP contribution < -0.4 is 5.32 Å². The molecule has 2 aromatic rings. The molecule has 0 radical (unpaired) electrons. The average molecular weight is 271 g/mol. The molecule has 2 rings (SSSR count). The number of benzene rings is 1. The molecular formula is C16H21N3O. The van der Waals surface area contributed by atoms with E-state index in [0.717, 1.165) is 41.4 Å². The third-order valence-corrected chi connectivity index (χ3v) is 3.06. The average Bonchev–Trinajstić information content (AvgIpc) is 2.48. The van der Waals surface area contributed by atoms with Crippen molar-refractivity contribution in [3.8, 4) is 11.4 Å². The van der Waals surface area contributed by atoms with Crippen molar-refractivity contribution < 1.29 is 4.74 Å². The minimum absolute atomic E-state index is 0.562. The molecule has 4 heteroatoms.